The Balaban J connectivity index is 1.43. The van der Waals surface area contributed by atoms with Gasteiger partial charge in [0.05, 0.1) is 12.2 Å². The third kappa shape index (κ3) is 4.05. The maximum absolute atomic E-state index is 5.67. The molecule has 1 aromatic carbocycles. The highest BCUT2D eigenvalue weighted by Gasteiger charge is 2.20. The monoisotopic (exact) mass is 336 g/mol. The van der Waals surface area contributed by atoms with Crippen LogP contribution >= 0.6 is 15.9 Å². The second kappa shape index (κ2) is 6.37. The first-order valence-electron chi connectivity index (χ1n) is 6.80. The molecule has 20 heavy (non-hydrogen) atoms. The van der Waals surface area contributed by atoms with Gasteiger partial charge in [0, 0.05) is 23.3 Å². The summed E-state index contributed by atoms with van der Waals surface area (Å²) in [6, 6.07) is 8.52. The fourth-order valence-electron chi connectivity index (χ4n) is 1.88. The van der Waals surface area contributed by atoms with E-state index >= 15 is 0 Å². The summed E-state index contributed by atoms with van der Waals surface area (Å²) >= 11 is 3.42. The average molecular weight is 337 g/mol. The van der Waals surface area contributed by atoms with Crippen molar-refractivity contribution in [3.8, 4) is 5.75 Å². The van der Waals surface area contributed by atoms with E-state index in [4.69, 9.17) is 4.74 Å². The summed E-state index contributed by atoms with van der Waals surface area (Å²) in [6.07, 6.45) is 4.54. The topological polar surface area (TPSA) is 52.0 Å². The molecule has 106 valence electrons. The van der Waals surface area contributed by atoms with Gasteiger partial charge in [0.1, 0.15) is 12.4 Å². The van der Waals surface area contributed by atoms with E-state index < -0.39 is 0 Å². The highest BCUT2D eigenvalue weighted by molar-refractivity contribution is 9.10. The van der Waals surface area contributed by atoms with Crippen molar-refractivity contribution in [2.45, 2.75) is 32.0 Å². The Hall–Kier alpha value is -1.40. The standard InChI is InChI=1S/C14H17BrN4O/c15-11-2-1-3-14(8-11)20-7-6-19-10-13(17-18-19)9-16-12-4-5-12/h1-3,8,10,12,16H,4-7,9H2. The largest absolute Gasteiger partial charge is 0.492 e. The number of ether oxygens (including phenoxy) is 1. The number of aromatic nitrogens is 3. The summed E-state index contributed by atoms with van der Waals surface area (Å²) in [4.78, 5) is 0. The summed E-state index contributed by atoms with van der Waals surface area (Å²) in [5.74, 6) is 0.857. The van der Waals surface area contributed by atoms with Crippen molar-refractivity contribution >= 4 is 15.9 Å². The molecule has 1 N–H and O–H groups in total. The van der Waals surface area contributed by atoms with E-state index in [0.717, 1.165) is 22.5 Å². The lowest BCUT2D eigenvalue weighted by molar-refractivity contribution is 0.289. The smallest absolute Gasteiger partial charge is 0.120 e. The van der Waals surface area contributed by atoms with E-state index in [0.29, 0.717) is 19.2 Å². The molecule has 3 rings (SSSR count). The van der Waals surface area contributed by atoms with E-state index in [1.54, 1.807) is 0 Å². The third-order valence-corrected chi connectivity index (χ3v) is 3.61. The minimum Gasteiger partial charge on any atom is -0.492 e. The second-order valence-corrected chi connectivity index (χ2v) is 5.85. The Labute approximate surface area is 126 Å². The SMILES string of the molecule is Brc1cccc(OCCn2cc(CNC3CC3)nn2)c1. The number of nitrogens with zero attached hydrogens (tertiary/aromatic N) is 3. The van der Waals surface area contributed by atoms with Crippen LogP contribution in [0.25, 0.3) is 0 Å². The Bertz CT molecular complexity index is 568. The van der Waals surface area contributed by atoms with Gasteiger partial charge in [0.2, 0.25) is 0 Å². The van der Waals surface area contributed by atoms with Crippen molar-refractivity contribution < 1.29 is 4.74 Å². The lowest BCUT2D eigenvalue weighted by Crippen LogP contribution is -2.15. The van der Waals surface area contributed by atoms with Gasteiger partial charge in [-0.05, 0) is 31.0 Å². The Morgan fingerprint density at radius 1 is 1.40 bits per heavy atom. The van der Waals surface area contributed by atoms with Gasteiger partial charge in [0.25, 0.3) is 0 Å². The molecule has 1 aliphatic rings. The normalized spacial score (nSPS) is 14.4. The van der Waals surface area contributed by atoms with Gasteiger partial charge in [-0.1, -0.05) is 27.2 Å². The predicted octanol–water partition coefficient (Wildman–Crippen LogP) is 2.37. The number of hydrogen-bond acceptors (Lipinski definition) is 4. The van der Waals surface area contributed by atoms with Crippen molar-refractivity contribution in [2.24, 2.45) is 0 Å². The van der Waals surface area contributed by atoms with Gasteiger partial charge < -0.3 is 10.1 Å². The maximum atomic E-state index is 5.67. The van der Waals surface area contributed by atoms with Crippen LogP contribution in [0.15, 0.2) is 34.9 Å². The van der Waals surface area contributed by atoms with Crippen LogP contribution in [0.2, 0.25) is 0 Å². The van der Waals surface area contributed by atoms with Crippen LogP contribution < -0.4 is 10.1 Å². The van der Waals surface area contributed by atoms with E-state index in [9.17, 15) is 0 Å². The maximum Gasteiger partial charge on any atom is 0.120 e. The molecule has 0 atom stereocenters. The zero-order chi connectivity index (χ0) is 13.8. The molecule has 1 heterocycles. The molecule has 1 fully saturated rings. The van der Waals surface area contributed by atoms with Crippen LogP contribution in [0.1, 0.15) is 18.5 Å². The van der Waals surface area contributed by atoms with Crippen molar-refractivity contribution in [3.63, 3.8) is 0 Å². The van der Waals surface area contributed by atoms with Crippen LogP contribution in [0, 0.1) is 0 Å². The minimum absolute atomic E-state index is 0.579. The van der Waals surface area contributed by atoms with Crippen molar-refractivity contribution in [3.05, 3.63) is 40.6 Å². The predicted molar refractivity (Wildman–Crippen MR) is 79.5 cm³/mol. The average Bonchev–Trinajstić information content (AvgIpc) is 3.16. The number of rotatable bonds is 7. The molecule has 0 spiro atoms. The van der Waals surface area contributed by atoms with E-state index in [-0.39, 0.29) is 0 Å². The first-order chi connectivity index (χ1) is 9.79. The Morgan fingerprint density at radius 2 is 2.30 bits per heavy atom. The molecular formula is C14H17BrN4O. The van der Waals surface area contributed by atoms with E-state index in [1.807, 2.05) is 35.1 Å². The molecular weight excluding hydrogens is 320 g/mol. The summed E-state index contributed by atoms with van der Waals surface area (Å²) in [6.45, 7) is 2.08. The number of hydrogen-bond donors (Lipinski definition) is 1. The minimum atomic E-state index is 0.579. The summed E-state index contributed by atoms with van der Waals surface area (Å²) in [5, 5.41) is 11.7. The first-order valence-corrected chi connectivity index (χ1v) is 7.60. The Kier molecular flexibility index (Phi) is 4.32. The molecule has 5 nitrogen and oxygen atoms in total. The molecule has 0 amide bonds. The van der Waals surface area contributed by atoms with Crippen LogP contribution in [0.3, 0.4) is 0 Å². The molecule has 0 radical (unpaired) electrons. The van der Waals surface area contributed by atoms with Crippen molar-refractivity contribution in [1.29, 1.82) is 0 Å². The molecule has 0 unspecified atom stereocenters. The van der Waals surface area contributed by atoms with E-state index in [1.165, 1.54) is 12.8 Å². The van der Waals surface area contributed by atoms with Crippen LogP contribution in [-0.2, 0) is 13.1 Å². The zero-order valence-electron chi connectivity index (χ0n) is 11.1. The highest BCUT2D eigenvalue weighted by atomic mass is 79.9. The van der Waals surface area contributed by atoms with Gasteiger partial charge in [-0.15, -0.1) is 5.10 Å². The fraction of sp³-hybridized carbons (Fsp3) is 0.429. The lowest BCUT2D eigenvalue weighted by Gasteiger charge is -2.05. The van der Waals surface area contributed by atoms with Gasteiger partial charge in [-0.2, -0.15) is 0 Å². The van der Waals surface area contributed by atoms with Crippen LogP contribution in [0.5, 0.6) is 5.75 Å². The summed E-state index contributed by atoms with van der Waals surface area (Å²) in [7, 11) is 0. The number of nitrogens with one attached hydrogen (secondary N) is 1. The third-order valence-electron chi connectivity index (χ3n) is 3.12. The molecule has 0 saturated heterocycles. The van der Waals surface area contributed by atoms with Crippen LogP contribution in [0.4, 0.5) is 0 Å². The quantitative estimate of drug-likeness (QED) is 0.843. The van der Waals surface area contributed by atoms with Crippen molar-refractivity contribution in [2.75, 3.05) is 6.61 Å². The molecule has 6 heteroatoms. The highest BCUT2D eigenvalue weighted by Crippen LogP contribution is 2.19. The lowest BCUT2D eigenvalue weighted by atomic mass is 10.3. The van der Waals surface area contributed by atoms with Gasteiger partial charge in [0.15, 0.2) is 0 Å². The molecule has 0 bridgehead atoms. The summed E-state index contributed by atoms with van der Waals surface area (Å²) < 4.78 is 8.51. The number of halogens is 1. The van der Waals surface area contributed by atoms with Gasteiger partial charge in [-0.3, -0.25) is 0 Å². The van der Waals surface area contributed by atoms with Gasteiger partial charge >= 0.3 is 0 Å². The molecule has 1 saturated carbocycles. The summed E-state index contributed by atoms with van der Waals surface area (Å²) in [5.41, 5.74) is 0.986. The van der Waals surface area contributed by atoms with Gasteiger partial charge in [-0.25, -0.2) is 4.68 Å². The van der Waals surface area contributed by atoms with Crippen LogP contribution in [-0.4, -0.2) is 27.6 Å². The first kappa shape index (κ1) is 13.6. The molecule has 1 aromatic heterocycles. The van der Waals surface area contributed by atoms with Crippen molar-refractivity contribution in [1.82, 2.24) is 20.3 Å². The molecule has 1 aliphatic carbocycles. The fourth-order valence-corrected chi connectivity index (χ4v) is 2.26. The number of benzene rings is 1. The zero-order valence-corrected chi connectivity index (χ0v) is 12.7. The molecule has 2 aromatic rings. The second-order valence-electron chi connectivity index (χ2n) is 4.93. The van der Waals surface area contributed by atoms with E-state index in [2.05, 4.69) is 31.6 Å². The Morgan fingerprint density at radius 3 is 3.10 bits per heavy atom. The molecule has 0 aliphatic heterocycles.